The van der Waals surface area contributed by atoms with Gasteiger partial charge in [0.1, 0.15) is 24.5 Å². The SMILES string of the molecule is CO/C=C(/C(=O)OC)c1ccccc1COc1cc(C)c(/C=N/OCCN2CCCCC2)cc1C. The van der Waals surface area contributed by atoms with Crippen LogP contribution in [0.4, 0.5) is 0 Å². The third-order valence-electron chi connectivity index (χ3n) is 6.11. The number of carbonyl (C=O) groups is 1. The molecule has 35 heavy (non-hydrogen) atoms. The van der Waals surface area contributed by atoms with Crippen LogP contribution >= 0.6 is 0 Å². The van der Waals surface area contributed by atoms with Crippen molar-refractivity contribution < 1.29 is 23.8 Å². The van der Waals surface area contributed by atoms with Gasteiger partial charge >= 0.3 is 5.97 Å². The number of oxime groups is 1. The predicted octanol–water partition coefficient (Wildman–Crippen LogP) is 4.88. The van der Waals surface area contributed by atoms with Gasteiger partial charge in [-0.15, -0.1) is 0 Å². The Labute approximate surface area is 208 Å². The fourth-order valence-electron chi connectivity index (χ4n) is 4.12. The molecule has 0 spiro atoms. The molecule has 0 bridgehead atoms. The average molecular weight is 481 g/mol. The zero-order valence-electron chi connectivity index (χ0n) is 21.2. The molecule has 0 aliphatic carbocycles. The Morgan fingerprint density at radius 2 is 1.83 bits per heavy atom. The molecule has 1 aliphatic heterocycles. The second kappa shape index (κ2) is 13.5. The van der Waals surface area contributed by atoms with Gasteiger partial charge in [0.25, 0.3) is 0 Å². The molecule has 1 heterocycles. The number of methoxy groups -OCH3 is 2. The van der Waals surface area contributed by atoms with Gasteiger partial charge in [-0.2, -0.15) is 0 Å². The number of piperidine rings is 1. The van der Waals surface area contributed by atoms with Gasteiger partial charge in [0.05, 0.1) is 26.7 Å². The van der Waals surface area contributed by atoms with Gasteiger partial charge in [0, 0.05) is 6.54 Å². The Balaban J connectivity index is 1.62. The van der Waals surface area contributed by atoms with E-state index in [-0.39, 0.29) is 0 Å². The van der Waals surface area contributed by atoms with E-state index in [4.69, 9.17) is 19.0 Å². The van der Waals surface area contributed by atoms with Crippen LogP contribution in [0.2, 0.25) is 0 Å². The number of aryl methyl sites for hydroxylation is 2. The first-order valence-electron chi connectivity index (χ1n) is 12.0. The molecule has 0 aromatic heterocycles. The average Bonchev–Trinajstić information content (AvgIpc) is 2.88. The predicted molar refractivity (Wildman–Crippen MR) is 138 cm³/mol. The van der Waals surface area contributed by atoms with Crippen LogP contribution in [0.25, 0.3) is 5.57 Å². The van der Waals surface area contributed by atoms with Crippen molar-refractivity contribution in [2.45, 2.75) is 39.7 Å². The Kier molecular flexibility index (Phi) is 10.2. The summed E-state index contributed by atoms with van der Waals surface area (Å²) >= 11 is 0. The van der Waals surface area contributed by atoms with Gasteiger partial charge in [-0.3, -0.25) is 4.90 Å². The van der Waals surface area contributed by atoms with Crippen molar-refractivity contribution in [1.82, 2.24) is 4.90 Å². The summed E-state index contributed by atoms with van der Waals surface area (Å²) < 4.78 is 16.2. The number of esters is 1. The minimum Gasteiger partial charge on any atom is -0.503 e. The third-order valence-corrected chi connectivity index (χ3v) is 6.11. The first-order valence-corrected chi connectivity index (χ1v) is 12.0. The molecule has 0 unspecified atom stereocenters. The maximum atomic E-state index is 12.2. The number of ether oxygens (including phenoxy) is 3. The van der Waals surface area contributed by atoms with E-state index in [9.17, 15) is 4.79 Å². The van der Waals surface area contributed by atoms with E-state index in [2.05, 4.69) is 10.1 Å². The number of hydrogen-bond acceptors (Lipinski definition) is 7. The van der Waals surface area contributed by atoms with Crippen LogP contribution in [0.15, 0.2) is 47.8 Å². The van der Waals surface area contributed by atoms with E-state index in [1.165, 1.54) is 39.7 Å². The molecule has 1 aliphatic rings. The first-order chi connectivity index (χ1) is 17.0. The van der Waals surface area contributed by atoms with E-state index >= 15 is 0 Å². The maximum Gasteiger partial charge on any atom is 0.341 e. The fourth-order valence-corrected chi connectivity index (χ4v) is 4.12. The Morgan fingerprint density at radius 1 is 1.06 bits per heavy atom. The fraction of sp³-hybridized carbons (Fsp3) is 0.429. The van der Waals surface area contributed by atoms with Crippen LogP contribution in [-0.2, 0) is 25.7 Å². The van der Waals surface area contributed by atoms with Crippen molar-refractivity contribution in [3.8, 4) is 5.75 Å². The highest BCUT2D eigenvalue weighted by atomic mass is 16.6. The Hall–Kier alpha value is -3.32. The summed E-state index contributed by atoms with van der Waals surface area (Å²) in [6.07, 6.45) is 7.04. The van der Waals surface area contributed by atoms with E-state index in [0.29, 0.717) is 24.4 Å². The van der Waals surface area contributed by atoms with Gasteiger partial charge < -0.3 is 19.0 Å². The second-order valence-electron chi connectivity index (χ2n) is 8.65. The van der Waals surface area contributed by atoms with Crippen LogP contribution in [0.1, 0.15) is 47.1 Å². The lowest BCUT2D eigenvalue weighted by atomic mass is 10.0. The maximum absolute atomic E-state index is 12.2. The first kappa shape index (κ1) is 26.3. The van der Waals surface area contributed by atoms with Gasteiger partial charge in [-0.25, -0.2) is 4.79 Å². The molecule has 7 heteroatoms. The van der Waals surface area contributed by atoms with Gasteiger partial charge in [-0.1, -0.05) is 35.8 Å². The van der Waals surface area contributed by atoms with Gasteiger partial charge in [-0.05, 0) is 79.7 Å². The number of hydrogen-bond donors (Lipinski definition) is 0. The monoisotopic (exact) mass is 480 g/mol. The summed E-state index contributed by atoms with van der Waals surface area (Å²) in [5, 5.41) is 4.17. The summed E-state index contributed by atoms with van der Waals surface area (Å²) in [5.41, 5.74) is 4.92. The highest BCUT2D eigenvalue weighted by Crippen LogP contribution is 2.26. The van der Waals surface area contributed by atoms with Crippen LogP contribution in [0.3, 0.4) is 0 Å². The molecule has 1 saturated heterocycles. The van der Waals surface area contributed by atoms with E-state index in [1.54, 1.807) is 6.21 Å². The molecule has 7 nitrogen and oxygen atoms in total. The lowest BCUT2D eigenvalue weighted by Gasteiger charge is -2.25. The normalized spacial score (nSPS) is 14.7. The summed E-state index contributed by atoms with van der Waals surface area (Å²) in [4.78, 5) is 20.2. The van der Waals surface area contributed by atoms with Gasteiger partial charge in [0.15, 0.2) is 0 Å². The van der Waals surface area contributed by atoms with Crippen LogP contribution in [-0.4, -0.2) is 57.5 Å². The van der Waals surface area contributed by atoms with E-state index in [1.807, 2.05) is 50.2 Å². The lowest BCUT2D eigenvalue weighted by Crippen LogP contribution is -2.32. The largest absolute Gasteiger partial charge is 0.503 e. The Bertz CT molecular complexity index is 1040. The minimum atomic E-state index is -0.465. The van der Waals surface area contributed by atoms with Crippen molar-refractivity contribution in [3.63, 3.8) is 0 Å². The highest BCUT2D eigenvalue weighted by molar-refractivity contribution is 6.16. The number of benzene rings is 2. The van der Waals surface area contributed by atoms with E-state index < -0.39 is 5.97 Å². The lowest BCUT2D eigenvalue weighted by molar-refractivity contribution is -0.133. The van der Waals surface area contributed by atoms with Crippen molar-refractivity contribution >= 4 is 17.8 Å². The molecule has 2 aromatic rings. The summed E-state index contributed by atoms with van der Waals surface area (Å²) in [6.45, 7) is 8.14. The number of rotatable bonds is 11. The molecule has 2 aromatic carbocycles. The topological polar surface area (TPSA) is 69.6 Å². The number of carbonyl (C=O) groups excluding carboxylic acids is 1. The zero-order valence-corrected chi connectivity index (χ0v) is 21.2. The molecule has 3 rings (SSSR count). The zero-order chi connectivity index (χ0) is 25.0. The van der Waals surface area contributed by atoms with Crippen LogP contribution in [0.5, 0.6) is 5.75 Å². The molecule has 0 amide bonds. The van der Waals surface area contributed by atoms with Crippen LogP contribution in [0, 0.1) is 13.8 Å². The van der Waals surface area contributed by atoms with Gasteiger partial charge in [0.2, 0.25) is 0 Å². The molecule has 0 N–H and O–H groups in total. The molecule has 1 fully saturated rings. The molecular formula is C28H36N2O5. The standard InChI is InChI=1S/C28H36N2O5/c1-21-17-27(22(2)16-24(21)18-29-35-15-14-30-12-8-5-9-13-30)34-19-23-10-6-7-11-25(23)26(20-32-3)28(31)33-4/h6-7,10-11,16-18,20H,5,8-9,12-15,19H2,1-4H3/b26-20+,29-18+. The smallest absolute Gasteiger partial charge is 0.341 e. The highest BCUT2D eigenvalue weighted by Gasteiger charge is 2.17. The van der Waals surface area contributed by atoms with Crippen molar-refractivity contribution in [1.29, 1.82) is 0 Å². The molecule has 0 radical (unpaired) electrons. The van der Waals surface area contributed by atoms with Crippen molar-refractivity contribution in [2.24, 2.45) is 5.16 Å². The van der Waals surface area contributed by atoms with Crippen molar-refractivity contribution in [2.75, 3.05) is 40.5 Å². The molecule has 0 saturated carbocycles. The Morgan fingerprint density at radius 3 is 2.57 bits per heavy atom. The third kappa shape index (κ3) is 7.59. The second-order valence-corrected chi connectivity index (χ2v) is 8.65. The summed E-state index contributed by atoms with van der Waals surface area (Å²) in [7, 11) is 2.85. The molecular weight excluding hydrogens is 444 g/mol. The quantitative estimate of drug-likeness (QED) is 0.114. The summed E-state index contributed by atoms with van der Waals surface area (Å²) in [5.74, 6) is 0.309. The van der Waals surface area contributed by atoms with Crippen LogP contribution < -0.4 is 4.74 Å². The van der Waals surface area contributed by atoms with Crippen molar-refractivity contribution in [3.05, 3.63) is 70.5 Å². The van der Waals surface area contributed by atoms with E-state index in [0.717, 1.165) is 47.6 Å². The molecule has 0 atom stereocenters. The molecule has 188 valence electrons. The summed E-state index contributed by atoms with van der Waals surface area (Å²) in [6, 6.07) is 11.6. The minimum absolute atomic E-state index is 0.293. The number of likely N-dealkylation sites (tertiary alicyclic amines) is 1. The number of nitrogens with zero attached hydrogens (tertiary/aromatic N) is 2.